The molecule has 4 nitrogen and oxygen atoms in total. The molecule has 0 amide bonds. The van der Waals surface area contributed by atoms with Crippen molar-refractivity contribution in [2.24, 2.45) is 0 Å². The summed E-state index contributed by atoms with van der Waals surface area (Å²) in [6, 6.07) is 1.03. The average Bonchev–Trinajstić information content (AvgIpc) is 2.71. The first-order chi connectivity index (χ1) is 8.60. The van der Waals surface area contributed by atoms with Crippen molar-refractivity contribution in [3.63, 3.8) is 0 Å². The molecule has 1 aromatic heterocycles. The van der Waals surface area contributed by atoms with Crippen LogP contribution in [0.5, 0.6) is 0 Å². The molecule has 0 bridgehead atoms. The van der Waals surface area contributed by atoms with Crippen molar-refractivity contribution < 1.29 is 8.78 Å². The van der Waals surface area contributed by atoms with Crippen LogP contribution in [0.1, 0.15) is 13.3 Å². The van der Waals surface area contributed by atoms with E-state index in [2.05, 4.69) is 20.5 Å². The third kappa shape index (κ3) is 2.87. The maximum atomic E-state index is 13.6. The molecule has 0 spiro atoms. The fourth-order valence-corrected chi connectivity index (χ4v) is 2.11. The summed E-state index contributed by atoms with van der Waals surface area (Å²) in [5.41, 5.74) is 0. The van der Waals surface area contributed by atoms with Crippen molar-refractivity contribution in [2.75, 3.05) is 37.3 Å². The molecule has 2 N–H and O–H groups in total. The van der Waals surface area contributed by atoms with Gasteiger partial charge in [0, 0.05) is 25.2 Å². The number of likely N-dealkylation sites (N-methyl/N-ethyl adjacent to an activating group) is 1. The second-order valence-electron chi connectivity index (χ2n) is 4.57. The van der Waals surface area contributed by atoms with Crippen molar-refractivity contribution in [2.45, 2.75) is 19.4 Å². The number of nitrogens with one attached hydrogen (secondary N) is 2. The topological polar surface area (TPSA) is 40.2 Å². The van der Waals surface area contributed by atoms with E-state index in [-0.39, 0.29) is 17.7 Å². The molecule has 0 aliphatic carbocycles. The predicted octanol–water partition coefficient (Wildman–Crippen LogP) is 1.91. The summed E-state index contributed by atoms with van der Waals surface area (Å²) in [4.78, 5) is 6.12. The molecule has 2 rings (SSSR count). The zero-order valence-corrected chi connectivity index (χ0v) is 10.6. The van der Waals surface area contributed by atoms with Crippen molar-refractivity contribution in [3.8, 4) is 0 Å². The molecule has 1 aliphatic rings. The summed E-state index contributed by atoms with van der Waals surface area (Å²) in [6.07, 6.45) is 0.936. The minimum absolute atomic E-state index is 0.0905. The van der Waals surface area contributed by atoms with Crippen molar-refractivity contribution in [1.82, 2.24) is 9.88 Å². The fraction of sp³-hybridized carbons (Fsp3) is 0.583. The molecule has 1 fully saturated rings. The van der Waals surface area contributed by atoms with Crippen molar-refractivity contribution in [1.29, 1.82) is 0 Å². The smallest absolute Gasteiger partial charge is 0.168 e. The molecule has 1 aliphatic heterocycles. The molecule has 1 aromatic rings. The van der Waals surface area contributed by atoms with Crippen LogP contribution in [0.15, 0.2) is 6.07 Å². The summed E-state index contributed by atoms with van der Waals surface area (Å²) < 4.78 is 27.0. The Morgan fingerprint density at radius 3 is 2.72 bits per heavy atom. The van der Waals surface area contributed by atoms with Gasteiger partial charge < -0.3 is 15.5 Å². The van der Waals surface area contributed by atoms with Crippen LogP contribution in [0, 0.1) is 11.6 Å². The van der Waals surface area contributed by atoms with E-state index in [9.17, 15) is 8.78 Å². The highest BCUT2D eigenvalue weighted by Gasteiger charge is 2.21. The first-order valence-electron chi connectivity index (χ1n) is 6.15. The Morgan fingerprint density at radius 1 is 1.39 bits per heavy atom. The van der Waals surface area contributed by atoms with E-state index in [0.717, 1.165) is 25.6 Å². The van der Waals surface area contributed by atoms with Crippen LogP contribution in [-0.4, -0.2) is 42.6 Å². The highest BCUT2D eigenvalue weighted by Crippen LogP contribution is 2.21. The molecule has 1 unspecified atom stereocenters. The summed E-state index contributed by atoms with van der Waals surface area (Å²) in [6.45, 7) is 4.19. The molecule has 100 valence electrons. The third-order valence-corrected chi connectivity index (χ3v) is 3.01. The number of anilines is 2. The predicted molar refractivity (Wildman–Crippen MR) is 67.8 cm³/mol. The number of rotatable bonds is 4. The minimum atomic E-state index is -0.663. The lowest BCUT2D eigenvalue weighted by Gasteiger charge is -2.15. The lowest BCUT2D eigenvalue weighted by molar-refractivity contribution is 0.413. The van der Waals surface area contributed by atoms with Crippen LogP contribution in [0.4, 0.5) is 20.4 Å². The Hall–Kier alpha value is -1.43. The van der Waals surface area contributed by atoms with Gasteiger partial charge in [-0.25, -0.2) is 13.8 Å². The van der Waals surface area contributed by atoms with E-state index in [0.29, 0.717) is 6.54 Å². The monoisotopic (exact) mass is 256 g/mol. The number of halogens is 2. The lowest BCUT2D eigenvalue weighted by atomic mass is 10.2. The zero-order chi connectivity index (χ0) is 13.1. The van der Waals surface area contributed by atoms with Gasteiger partial charge in [-0.05, 0) is 26.9 Å². The third-order valence-electron chi connectivity index (χ3n) is 3.01. The van der Waals surface area contributed by atoms with Gasteiger partial charge in [0.15, 0.2) is 23.3 Å². The summed E-state index contributed by atoms with van der Waals surface area (Å²) >= 11 is 0. The molecule has 1 atom stereocenters. The molecule has 0 saturated carbocycles. The second kappa shape index (κ2) is 5.48. The fourth-order valence-electron chi connectivity index (χ4n) is 2.11. The highest BCUT2D eigenvalue weighted by molar-refractivity contribution is 5.48. The van der Waals surface area contributed by atoms with E-state index in [1.165, 1.54) is 0 Å². The Morgan fingerprint density at radius 2 is 2.11 bits per heavy atom. The quantitative estimate of drug-likeness (QED) is 0.863. The van der Waals surface area contributed by atoms with E-state index in [4.69, 9.17) is 0 Å². The van der Waals surface area contributed by atoms with Crippen LogP contribution in [0.2, 0.25) is 0 Å². The summed E-state index contributed by atoms with van der Waals surface area (Å²) in [7, 11) is 2.01. The van der Waals surface area contributed by atoms with Crippen LogP contribution >= 0.6 is 0 Å². The van der Waals surface area contributed by atoms with Crippen LogP contribution in [-0.2, 0) is 0 Å². The maximum Gasteiger partial charge on any atom is 0.168 e. The second-order valence-corrected chi connectivity index (χ2v) is 4.57. The van der Waals surface area contributed by atoms with E-state index < -0.39 is 11.6 Å². The van der Waals surface area contributed by atoms with Gasteiger partial charge in [-0.2, -0.15) is 0 Å². The Bertz CT molecular complexity index is 425. The molecular weight excluding hydrogens is 238 g/mol. The Labute approximate surface area is 105 Å². The molecule has 6 heteroatoms. The largest absolute Gasteiger partial charge is 0.368 e. The maximum absolute atomic E-state index is 13.6. The molecule has 0 radical (unpaired) electrons. The SMILES string of the molecule is CCNc1nc(NC2CCN(C)C2)c(F)cc1F. The van der Waals surface area contributed by atoms with Gasteiger partial charge >= 0.3 is 0 Å². The van der Waals surface area contributed by atoms with Crippen molar-refractivity contribution >= 4 is 11.6 Å². The van der Waals surface area contributed by atoms with E-state index in [1.807, 2.05) is 14.0 Å². The molecule has 0 aromatic carbocycles. The lowest BCUT2D eigenvalue weighted by Crippen LogP contribution is -2.24. The van der Waals surface area contributed by atoms with Gasteiger partial charge in [0.25, 0.3) is 0 Å². The van der Waals surface area contributed by atoms with E-state index in [1.54, 1.807) is 0 Å². The minimum Gasteiger partial charge on any atom is -0.368 e. The molecule has 2 heterocycles. The Kier molecular flexibility index (Phi) is 3.96. The number of hydrogen-bond donors (Lipinski definition) is 2. The molecule has 18 heavy (non-hydrogen) atoms. The highest BCUT2D eigenvalue weighted by atomic mass is 19.1. The first kappa shape index (κ1) is 13.0. The van der Waals surface area contributed by atoms with Gasteiger partial charge in [-0.1, -0.05) is 0 Å². The van der Waals surface area contributed by atoms with Crippen LogP contribution in [0.25, 0.3) is 0 Å². The zero-order valence-electron chi connectivity index (χ0n) is 10.6. The number of pyridine rings is 1. The number of hydrogen-bond acceptors (Lipinski definition) is 4. The van der Waals surface area contributed by atoms with Gasteiger partial charge in [-0.3, -0.25) is 0 Å². The summed E-state index contributed by atoms with van der Waals surface area (Å²) in [5, 5.41) is 5.81. The van der Waals surface area contributed by atoms with Gasteiger partial charge in [0.1, 0.15) is 0 Å². The molecular formula is C12H18F2N4. The Balaban J connectivity index is 2.14. The molecule has 1 saturated heterocycles. The van der Waals surface area contributed by atoms with Gasteiger partial charge in [-0.15, -0.1) is 0 Å². The standard InChI is InChI=1S/C12H18F2N4/c1-3-15-11-9(13)6-10(14)12(17-11)16-8-4-5-18(2)7-8/h6,8H,3-5,7H2,1-2H3,(H2,15,16,17). The van der Waals surface area contributed by atoms with Crippen LogP contribution in [0.3, 0.4) is 0 Å². The summed E-state index contributed by atoms with van der Waals surface area (Å²) in [5.74, 6) is -1.10. The number of aromatic nitrogens is 1. The van der Waals surface area contributed by atoms with Gasteiger partial charge in [0.05, 0.1) is 0 Å². The number of likely N-dealkylation sites (tertiary alicyclic amines) is 1. The van der Waals surface area contributed by atoms with Gasteiger partial charge in [0.2, 0.25) is 0 Å². The van der Waals surface area contributed by atoms with Crippen molar-refractivity contribution in [3.05, 3.63) is 17.7 Å². The average molecular weight is 256 g/mol. The number of nitrogens with zero attached hydrogens (tertiary/aromatic N) is 2. The first-order valence-corrected chi connectivity index (χ1v) is 6.15. The normalized spacial score (nSPS) is 20.1. The van der Waals surface area contributed by atoms with Crippen LogP contribution < -0.4 is 10.6 Å². The van der Waals surface area contributed by atoms with E-state index >= 15 is 0 Å².